The highest BCUT2D eigenvalue weighted by Crippen LogP contribution is 2.38. The zero-order valence-corrected chi connectivity index (χ0v) is 20.8. The lowest BCUT2D eigenvalue weighted by molar-refractivity contribution is -0.946. The quantitative estimate of drug-likeness (QED) is 0.251. The Hall–Kier alpha value is -3.15. The lowest BCUT2D eigenvalue weighted by Gasteiger charge is -2.52. The Morgan fingerprint density at radius 3 is 1.97 bits per heavy atom. The Kier molecular flexibility index (Phi) is 7.40. The molecule has 3 aromatic rings. The third-order valence-corrected chi connectivity index (χ3v) is 8.02. The average Bonchev–Trinajstić information content (AvgIpc) is 2.94. The standard InChI is InChI=1S/C31H36NO4/c33-30(31(34,26-12-4-1-5-13-26)27-14-6-2-7-15-27)36-29-24-32(21-18-25(29)19-22-32)20-10-11-23-35-28-16-8-3-9-17-28/h1-9,12-17,25,29,34H,10-11,18-24H2/q+1. The normalized spacial score (nSPS) is 23.2. The molecule has 3 aliphatic rings. The van der Waals surface area contributed by atoms with E-state index in [9.17, 15) is 9.90 Å². The highest BCUT2D eigenvalue weighted by atomic mass is 16.6. The van der Waals surface area contributed by atoms with Crippen LogP contribution in [0.25, 0.3) is 0 Å². The third-order valence-electron chi connectivity index (χ3n) is 8.02. The lowest BCUT2D eigenvalue weighted by Crippen LogP contribution is -2.65. The van der Waals surface area contributed by atoms with Gasteiger partial charge in [-0.05, 0) is 36.1 Å². The number of rotatable bonds is 10. The second-order valence-corrected chi connectivity index (χ2v) is 10.3. The molecule has 3 fully saturated rings. The maximum atomic E-state index is 13.7. The van der Waals surface area contributed by atoms with E-state index in [0.29, 0.717) is 23.7 Å². The van der Waals surface area contributed by atoms with Gasteiger partial charge in [0.1, 0.15) is 12.3 Å². The molecule has 188 valence electrons. The van der Waals surface area contributed by atoms with Gasteiger partial charge in [0.15, 0.2) is 6.10 Å². The molecule has 3 aliphatic heterocycles. The van der Waals surface area contributed by atoms with E-state index >= 15 is 0 Å². The number of hydrogen-bond donors (Lipinski definition) is 1. The van der Waals surface area contributed by atoms with E-state index in [4.69, 9.17) is 9.47 Å². The SMILES string of the molecule is O=C(OC1C[N+]2(CCCCOc3ccccc3)CCC1CC2)C(O)(c1ccccc1)c1ccccc1. The van der Waals surface area contributed by atoms with E-state index in [-0.39, 0.29) is 6.10 Å². The van der Waals surface area contributed by atoms with Crippen LogP contribution < -0.4 is 4.74 Å². The molecule has 1 N–H and O–H groups in total. The molecule has 2 bridgehead atoms. The van der Waals surface area contributed by atoms with E-state index < -0.39 is 11.6 Å². The van der Waals surface area contributed by atoms with Crippen LogP contribution in [0.5, 0.6) is 5.75 Å². The molecule has 6 rings (SSSR count). The van der Waals surface area contributed by atoms with Crippen molar-refractivity contribution in [2.45, 2.75) is 37.4 Å². The number of piperidine rings is 3. The maximum absolute atomic E-state index is 13.7. The zero-order valence-electron chi connectivity index (χ0n) is 20.8. The van der Waals surface area contributed by atoms with E-state index in [0.717, 1.165) is 62.1 Å². The Morgan fingerprint density at radius 1 is 0.833 bits per heavy atom. The second kappa shape index (κ2) is 10.9. The predicted octanol–water partition coefficient (Wildman–Crippen LogP) is 4.93. The smallest absolute Gasteiger partial charge is 0.348 e. The third kappa shape index (κ3) is 5.18. The Balaban J connectivity index is 1.23. The van der Waals surface area contributed by atoms with Crippen LogP contribution in [0.4, 0.5) is 0 Å². The second-order valence-electron chi connectivity index (χ2n) is 10.3. The van der Waals surface area contributed by atoms with Crippen LogP contribution in [0.15, 0.2) is 91.0 Å². The van der Waals surface area contributed by atoms with Crippen molar-refractivity contribution >= 4 is 5.97 Å². The molecule has 0 aliphatic carbocycles. The Labute approximate surface area is 213 Å². The average molecular weight is 487 g/mol. The van der Waals surface area contributed by atoms with Gasteiger partial charge in [0.2, 0.25) is 5.60 Å². The van der Waals surface area contributed by atoms with Crippen molar-refractivity contribution < 1.29 is 23.9 Å². The Morgan fingerprint density at radius 2 is 1.39 bits per heavy atom. The predicted molar refractivity (Wildman–Crippen MR) is 139 cm³/mol. The zero-order chi connectivity index (χ0) is 24.8. The van der Waals surface area contributed by atoms with Crippen molar-refractivity contribution in [3.8, 4) is 5.75 Å². The number of carbonyl (C=O) groups is 1. The van der Waals surface area contributed by atoms with Crippen LogP contribution in [0.1, 0.15) is 36.8 Å². The molecule has 0 saturated carbocycles. The van der Waals surface area contributed by atoms with Gasteiger partial charge in [0.25, 0.3) is 0 Å². The molecule has 5 heteroatoms. The number of benzene rings is 3. The monoisotopic (exact) mass is 486 g/mol. The van der Waals surface area contributed by atoms with Gasteiger partial charge in [0.05, 0.1) is 26.2 Å². The molecule has 5 nitrogen and oxygen atoms in total. The first-order valence-electron chi connectivity index (χ1n) is 13.2. The van der Waals surface area contributed by atoms with Crippen molar-refractivity contribution in [1.29, 1.82) is 0 Å². The first-order chi connectivity index (χ1) is 17.6. The van der Waals surface area contributed by atoms with Crippen LogP contribution in [-0.2, 0) is 15.1 Å². The first kappa shape index (κ1) is 24.5. The minimum Gasteiger partial charge on any atom is -0.494 e. The fourth-order valence-electron chi connectivity index (χ4n) is 5.91. The van der Waals surface area contributed by atoms with Crippen molar-refractivity contribution in [3.05, 3.63) is 102 Å². The summed E-state index contributed by atoms with van der Waals surface area (Å²) in [5.41, 5.74) is -0.761. The highest BCUT2D eigenvalue weighted by molar-refractivity contribution is 5.85. The van der Waals surface area contributed by atoms with Crippen molar-refractivity contribution in [3.63, 3.8) is 0 Å². The number of nitrogens with zero attached hydrogens (tertiary/aromatic N) is 1. The molecule has 3 heterocycles. The van der Waals surface area contributed by atoms with Crippen LogP contribution in [-0.4, -0.2) is 54.4 Å². The fourth-order valence-corrected chi connectivity index (χ4v) is 5.91. The van der Waals surface area contributed by atoms with Gasteiger partial charge >= 0.3 is 5.97 Å². The van der Waals surface area contributed by atoms with Gasteiger partial charge in [-0.2, -0.15) is 0 Å². The number of fused-ring (bicyclic) bond motifs is 3. The molecular formula is C31H36NO4+. The summed E-state index contributed by atoms with van der Waals surface area (Å²) in [6, 6.07) is 28.2. The summed E-state index contributed by atoms with van der Waals surface area (Å²) >= 11 is 0. The van der Waals surface area contributed by atoms with Gasteiger partial charge in [-0.25, -0.2) is 4.79 Å². The highest BCUT2D eigenvalue weighted by Gasteiger charge is 2.50. The number of hydrogen-bond acceptors (Lipinski definition) is 4. The van der Waals surface area contributed by atoms with Gasteiger partial charge in [-0.1, -0.05) is 78.9 Å². The summed E-state index contributed by atoms with van der Waals surface area (Å²) in [5.74, 6) is 0.707. The summed E-state index contributed by atoms with van der Waals surface area (Å²) in [6.07, 6.45) is 4.04. The molecule has 1 atom stereocenters. The molecule has 3 aromatic carbocycles. The number of unbranched alkanes of at least 4 members (excludes halogenated alkanes) is 1. The number of carbonyl (C=O) groups excluding carboxylic acids is 1. The summed E-state index contributed by atoms with van der Waals surface area (Å²) in [7, 11) is 0. The van der Waals surface area contributed by atoms with E-state index in [2.05, 4.69) is 0 Å². The number of aliphatic hydroxyl groups is 1. The van der Waals surface area contributed by atoms with E-state index in [1.54, 1.807) is 24.3 Å². The summed E-state index contributed by atoms with van der Waals surface area (Å²) < 4.78 is 13.0. The minimum absolute atomic E-state index is 0.167. The van der Waals surface area contributed by atoms with Crippen molar-refractivity contribution in [2.75, 3.05) is 32.8 Å². The first-order valence-corrected chi connectivity index (χ1v) is 13.2. The summed E-state index contributed by atoms with van der Waals surface area (Å²) in [4.78, 5) is 13.7. The molecule has 0 radical (unpaired) electrons. The topological polar surface area (TPSA) is 55.8 Å². The molecule has 0 spiro atoms. The van der Waals surface area contributed by atoms with Crippen molar-refractivity contribution in [1.82, 2.24) is 0 Å². The Bertz CT molecular complexity index is 1070. The minimum atomic E-state index is -1.83. The lowest BCUT2D eigenvalue weighted by atomic mass is 9.82. The van der Waals surface area contributed by atoms with Gasteiger partial charge < -0.3 is 19.1 Å². The molecular weight excluding hydrogens is 450 g/mol. The fraction of sp³-hybridized carbons (Fsp3) is 0.387. The largest absolute Gasteiger partial charge is 0.494 e. The van der Waals surface area contributed by atoms with Crippen LogP contribution in [0.2, 0.25) is 0 Å². The van der Waals surface area contributed by atoms with E-state index in [1.165, 1.54) is 0 Å². The molecule has 0 aromatic heterocycles. The van der Waals surface area contributed by atoms with Crippen LogP contribution in [0, 0.1) is 5.92 Å². The van der Waals surface area contributed by atoms with Gasteiger partial charge in [-0.3, -0.25) is 0 Å². The maximum Gasteiger partial charge on any atom is 0.348 e. The summed E-state index contributed by atoms with van der Waals surface area (Å²) in [5, 5.41) is 11.8. The number of quaternary nitrogens is 1. The van der Waals surface area contributed by atoms with Crippen LogP contribution in [0.3, 0.4) is 0 Å². The summed E-state index contributed by atoms with van der Waals surface area (Å²) in [6.45, 7) is 4.89. The molecule has 3 saturated heterocycles. The van der Waals surface area contributed by atoms with Gasteiger partial charge in [0, 0.05) is 18.8 Å². The van der Waals surface area contributed by atoms with E-state index in [1.807, 2.05) is 66.7 Å². The number of para-hydroxylation sites is 1. The van der Waals surface area contributed by atoms with Crippen molar-refractivity contribution in [2.24, 2.45) is 5.92 Å². The van der Waals surface area contributed by atoms with Gasteiger partial charge in [-0.15, -0.1) is 0 Å². The molecule has 36 heavy (non-hydrogen) atoms. The molecule has 1 unspecified atom stereocenters. The number of esters is 1. The number of ether oxygens (including phenoxy) is 2. The molecule has 0 amide bonds. The van der Waals surface area contributed by atoms with Crippen LogP contribution >= 0.6 is 0 Å².